The van der Waals surface area contributed by atoms with Crippen LogP contribution in [0.3, 0.4) is 0 Å². The minimum atomic E-state index is -0.310. The lowest BCUT2D eigenvalue weighted by atomic mass is 9.83. The highest BCUT2D eigenvalue weighted by Gasteiger charge is 2.34. The first-order valence-electron chi connectivity index (χ1n) is 11.1. The van der Waals surface area contributed by atoms with E-state index in [2.05, 4.69) is 24.3 Å². The first kappa shape index (κ1) is 21.1. The fourth-order valence-electron chi connectivity index (χ4n) is 4.93. The highest BCUT2D eigenvalue weighted by molar-refractivity contribution is 7.11. The maximum absolute atomic E-state index is 13.8. The topological polar surface area (TPSA) is 52.8 Å². The highest BCUT2D eigenvalue weighted by atomic mass is 32.1. The molecule has 0 spiro atoms. The number of ether oxygens (including phenoxy) is 2. The number of nitrogens with zero attached hydrogens (tertiary/aromatic N) is 2. The summed E-state index contributed by atoms with van der Waals surface area (Å²) in [5.41, 5.74) is 5.43. The Labute approximate surface area is 204 Å². The molecule has 0 amide bonds. The van der Waals surface area contributed by atoms with Crippen molar-refractivity contribution in [1.82, 2.24) is 4.57 Å². The lowest BCUT2D eigenvalue weighted by Gasteiger charge is -2.31. The summed E-state index contributed by atoms with van der Waals surface area (Å²) >= 11 is 3.06. The third kappa shape index (κ3) is 3.27. The standard InChI is InChI=1S/C27H22N2O3S2/c1-31-21-11-5-10-20(25(21)32-2)24-19-13-12-16-7-3-4-9-18(16)23(19)28-27-29(24)26(30)22(34-27)15-17-8-6-14-33-17/h3-11,14-15,24H,12-13H2,1-2H3/t24-/m0/s1. The average Bonchev–Trinajstić information content (AvgIpc) is 3.50. The molecule has 0 N–H and O–H groups in total. The number of allylic oxidation sites excluding steroid dienone is 1. The monoisotopic (exact) mass is 486 g/mol. The molecule has 3 heterocycles. The molecule has 5 nitrogen and oxygen atoms in total. The first-order chi connectivity index (χ1) is 16.7. The van der Waals surface area contributed by atoms with Crippen molar-refractivity contribution >= 4 is 34.4 Å². The van der Waals surface area contributed by atoms with Gasteiger partial charge in [-0.2, -0.15) is 0 Å². The molecule has 2 aliphatic rings. The predicted molar refractivity (Wildman–Crippen MR) is 137 cm³/mol. The van der Waals surface area contributed by atoms with E-state index in [4.69, 9.17) is 14.5 Å². The van der Waals surface area contributed by atoms with Crippen LogP contribution in [0.1, 0.15) is 34.0 Å². The molecule has 7 heteroatoms. The molecule has 6 rings (SSSR count). The highest BCUT2D eigenvalue weighted by Crippen LogP contribution is 2.45. The van der Waals surface area contributed by atoms with Crippen molar-refractivity contribution in [3.8, 4) is 11.5 Å². The molecule has 2 aromatic carbocycles. The van der Waals surface area contributed by atoms with Gasteiger partial charge in [-0.1, -0.05) is 53.8 Å². The number of thiazole rings is 1. The third-order valence-electron chi connectivity index (χ3n) is 6.42. The van der Waals surface area contributed by atoms with Gasteiger partial charge in [-0.05, 0) is 47.6 Å². The van der Waals surface area contributed by atoms with Crippen LogP contribution in [0.15, 0.2) is 75.3 Å². The van der Waals surface area contributed by atoms with Crippen molar-refractivity contribution in [2.24, 2.45) is 4.99 Å². The van der Waals surface area contributed by atoms with Gasteiger partial charge in [0.2, 0.25) is 0 Å². The second-order valence-electron chi connectivity index (χ2n) is 8.21. The number of benzene rings is 2. The summed E-state index contributed by atoms with van der Waals surface area (Å²) in [6, 6.07) is 18.0. The Balaban J connectivity index is 1.68. The molecule has 170 valence electrons. The van der Waals surface area contributed by atoms with Crippen molar-refractivity contribution in [3.05, 3.63) is 107 Å². The maximum atomic E-state index is 13.8. The molecule has 1 aliphatic carbocycles. The summed E-state index contributed by atoms with van der Waals surface area (Å²) in [6.45, 7) is 0. The van der Waals surface area contributed by atoms with Crippen molar-refractivity contribution in [2.75, 3.05) is 14.2 Å². The van der Waals surface area contributed by atoms with Gasteiger partial charge in [0.05, 0.1) is 30.5 Å². The van der Waals surface area contributed by atoms with Crippen LogP contribution >= 0.6 is 22.7 Å². The molecule has 34 heavy (non-hydrogen) atoms. The van der Waals surface area contributed by atoms with Crippen molar-refractivity contribution < 1.29 is 9.47 Å². The summed E-state index contributed by atoms with van der Waals surface area (Å²) in [4.78, 5) is 20.6. The van der Waals surface area contributed by atoms with Crippen LogP contribution in [0.5, 0.6) is 11.5 Å². The molecular formula is C27H22N2O3S2. The predicted octanol–water partition coefficient (Wildman–Crippen LogP) is 4.40. The Morgan fingerprint density at radius 2 is 1.91 bits per heavy atom. The number of fused-ring (bicyclic) bond motifs is 3. The van der Waals surface area contributed by atoms with Gasteiger partial charge in [-0.25, -0.2) is 4.99 Å². The lowest BCUT2D eigenvalue weighted by molar-refractivity contribution is 0.348. The molecule has 0 radical (unpaired) electrons. The zero-order valence-electron chi connectivity index (χ0n) is 18.8. The molecule has 0 saturated heterocycles. The fourth-order valence-corrected chi connectivity index (χ4v) is 6.65. The minimum Gasteiger partial charge on any atom is -0.493 e. The van der Waals surface area contributed by atoms with Gasteiger partial charge in [0, 0.05) is 16.0 Å². The van der Waals surface area contributed by atoms with Crippen LogP contribution in [0.2, 0.25) is 0 Å². The summed E-state index contributed by atoms with van der Waals surface area (Å²) in [7, 11) is 3.28. The second-order valence-corrected chi connectivity index (χ2v) is 10.2. The van der Waals surface area contributed by atoms with Gasteiger partial charge in [-0.3, -0.25) is 9.36 Å². The van der Waals surface area contributed by atoms with E-state index in [-0.39, 0.29) is 11.6 Å². The van der Waals surface area contributed by atoms with Crippen molar-refractivity contribution in [1.29, 1.82) is 0 Å². The Bertz CT molecular complexity index is 1610. The van der Waals surface area contributed by atoms with E-state index in [1.807, 2.05) is 46.4 Å². The summed E-state index contributed by atoms with van der Waals surface area (Å²) < 4.78 is 13.9. The largest absolute Gasteiger partial charge is 0.493 e. The molecular weight excluding hydrogens is 464 g/mol. The van der Waals surface area contributed by atoms with Gasteiger partial charge in [0.1, 0.15) is 0 Å². The van der Waals surface area contributed by atoms with E-state index >= 15 is 0 Å². The second kappa shape index (κ2) is 8.42. The summed E-state index contributed by atoms with van der Waals surface area (Å²) in [6.07, 6.45) is 3.70. The van der Waals surface area contributed by atoms with E-state index < -0.39 is 0 Å². The number of thiophene rings is 1. The average molecular weight is 487 g/mol. The molecule has 0 bridgehead atoms. The van der Waals surface area contributed by atoms with Gasteiger partial charge in [0.25, 0.3) is 5.56 Å². The van der Waals surface area contributed by atoms with Crippen molar-refractivity contribution in [3.63, 3.8) is 0 Å². The molecule has 0 unspecified atom stereocenters. The zero-order chi connectivity index (χ0) is 23.2. The minimum absolute atomic E-state index is 0.0302. The number of aromatic nitrogens is 1. The number of hydrogen-bond donors (Lipinski definition) is 0. The quantitative estimate of drug-likeness (QED) is 0.430. The Kier molecular flexibility index (Phi) is 5.23. The fraction of sp³-hybridized carbons (Fsp3) is 0.185. The number of para-hydroxylation sites is 1. The smallest absolute Gasteiger partial charge is 0.271 e. The van der Waals surface area contributed by atoms with Gasteiger partial charge in [0.15, 0.2) is 16.3 Å². The van der Waals surface area contributed by atoms with Crippen molar-refractivity contribution in [2.45, 2.75) is 18.9 Å². The summed E-state index contributed by atoms with van der Waals surface area (Å²) in [5.74, 6) is 1.30. The number of aryl methyl sites for hydroxylation is 1. The number of rotatable bonds is 4. The van der Waals surface area contributed by atoms with Gasteiger partial charge in [-0.15, -0.1) is 11.3 Å². The van der Waals surface area contributed by atoms with Crippen LogP contribution in [-0.4, -0.2) is 18.8 Å². The van der Waals surface area contributed by atoms with E-state index in [9.17, 15) is 4.79 Å². The zero-order valence-corrected chi connectivity index (χ0v) is 20.4. The van der Waals surface area contributed by atoms with Crippen LogP contribution in [0.4, 0.5) is 0 Å². The maximum Gasteiger partial charge on any atom is 0.271 e. The normalized spacial score (nSPS) is 17.0. The van der Waals surface area contributed by atoms with Crippen LogP contribution < -0.4 is 24.4 Å². The van der Waals surface area contributed by atoms with Crippen LogP contribution in [-0.2, 0) is 6.42 Å². The Morgan fingerprint density at radius 3 is 2.71 bits per heavy atom. The third-order valence-corrected chi connectivity index (χ3v) is 8.22. The number of hydrogen-bond acceptors (Lipinski definition) is 6. The molecule has 1 atom stereocenters. The number of methoxy groups -OCH3 is 2. The molecule has 4 aromatic rings. The first-order valence-corrected chi connectivity index (χ1v) is 12.8. The van der Waals surface area contributed by atoms with Crippen LogP contribution in [0, 0.1) is 0 Å². The van der Waals surface area contributed by atoms with Gasteiger partial charge >= 0.3 is 0 Å². The van der Waals surface area contributed by atoms with E-state index in [1.165, 1.54) is 16.9 Å². The summed E-state index contributed by atoms with van der Waals surface area (Å²) in [5, 5.41) is 2.02. The van der Waals surface area contributed by atoms with E-state index in [1.54, 1.807) is 25.6 Å². The lowest BCUT2D eigenvalue weighted by Crippen LogP contribution is -2.39. The molecule has 1 aliphatic heterocycles. The molecule has 2 aromatic heterocycles. The Morgan fingerprint density at radius 1 is 1.03 bits per heavy atom. The van der Waals surface area contributed by atoms with Crippen LogP contribution in [0.25, 0.3) is 11.8 Å². The SMILES string of the molecule is COc1cccc([C@@H]2C3=C(N=c4sc(=Cc5cccs5)c(=O)n42)c2ccccc2CC3)c1OC. The Hall–Kier alpha value is -3.42. The molecule has 0 saturated carbocycles. The van der Waals surface area contributed by atoms with Gasteiger partial charge < -0.3 is 9.47 Å². The van der Waals surface area contributed by atoms with E-state index in [0.29, 0.717) is 20.8 Å². The van der Waals surface area contributed by atoms with E-state index in [0.717, 1.165) is 40.1 Å². The molecule has 0 fully saturated rings.